The standard InChI is InChI=1S/C48H46N6O3.H3NO3S/c1-7-33-19-31(21-41-29(5)49-25-51-41)17-27(3)46(33)53-35-13-15-39-43(23-35)57-44-24-36(14-16-40(44)45(39)37-11-9-10-12-38(37)48(55)56)54-47-28(4)18-32(20-34(47)8-2)22-42-30(6)50-26-52-42;1-5(2,3)4/h9-20,23-26,53H,7-8,21-22H2,1-6H3,(H,49,51)(H,50,52)(H,55,56);(H3,1,2,3,4). The molecule has 0 saturated carbocycles. The van der Waals surface area contributed by atoms with E-state index in [1.807, 2.05) is 62.4 Å². The number of rotatable bonds is 11. The van der Waals surface area contributed by atoms with E-state index >= 15 is 0 Å². The zero-order valence-corrected chi connectivity index (χ0v) is 36.2. The second kappa shape index (κ2) is 18.0. The molecule has 0 spiro atoms. The molecule has 0 bridgehead atoms. The van der Waals surface area contributed by atoms with Crippen molar-refractivity contribution < 1.29 is 27.3 Å². The molecule has 0 saturated heterocycles. The Bertz CT molecular complexity index is 3100. The van der Waals surface area contributed by atoms with Gasteiger partial charge in [0, 0.05) is 64.3 Å². The second-order valence-electron chi connectivity index (χ2n) is 15.3. The van der Waals surface area contributed by atoms with Crippen LogP contribution in [0.3, 0.4) is 0 Å². The van der Waals surface area contributed by atoms with Gasteiger partial charge in [0.05, 0.1) is 40.7 Å². The molecule has 0 radical (unpaired) electrons. The summed E-state index contributed by atoms with van der Waals surface area (Å²) in [6.07, 6.45) is 6.73. The first-order valence-corrected chi connectivity index (χ1v) is 21.7. The van der Waals surface area contributed by atoms with Crippen molar-refractivity contribution in [1.29, 1.82) is 0 Å². The number of benzene rings is 5. The number of carbonyl (C=O) groups is 1. The number of imidazole rings is 2. The number of anilines is 2. The summed E-state index contributed by atoms with van der Waals surface area (Å²) in [5.41, 5.74) is 17.3. The fourth-order valence-electron chi connectivity index (χ4n) is 7.99. The minimum atomic E-state index is -4.17. The molecule has 2 aliphatic rings. The van der Waals surface area contributed by atoms with E-state index in [2.05, 4.69) is 82.4 Å². The van der Waals surface area contributed by atoms with E-state index in [1.54, 1.807) is 24.8 Å². The van der Waals surface area contributed by atoms with Gasteiger partial charge < -0.3 is 24.8 Å². The third-order valence-electron chi connectivity index (χ3n) is 10.9. The average molecular weight is 852 g/mol. The lowest BCUT2D eigenvalue weighted by atomic mass is 9.90. The number of carboxylic acids is 1. The topological polar surface area (TPSA) is 213 Å². The van der Waals surface area contributed by atoms with E-state index in [0.717, 1.165) is 104 Å². The maximum atomic E-state index is 12.6. The highest BCUT2D eigenvalue weighted by atomic mass is 32.2. The lowest BCUT2D eigenvalue weighted by molar-refractivity contribution is 0.0697. The van der Waals surface area contributed by atoms with Gasteiger partial charge in [0.25, 0.3) is 0 Å². The molecule has 3 heterocycles. The van der Waals surface area contributed by atoms with Gasteiger partial charge in [0.1, 0.15) is 11.3 Å². The lowest BCUT2D eigenvalue weighted by Crippen LogP contribution is -2.08. The summed E-state index contributed by atoms with van der Waals surface area (Å²) in [5, 5.41) is 19.4. The van der Waals surface area contributed by atoms with Crippen molar-refractivity contribution >= 4 is 44.3 Å². The lowest BCUT2D eigenvalue weighted by Gasteiger charge is -2.19. The molecule has 0 amide bonds. The summed E-state index contributed by atoms with van der Waals surface area (Å²) in [4.78, 5) is 33.0. The van der Waals surface area contributed by atoms with Crippen molar-refractivity contribution in [2.45, 2.75) is 67.2 Å². The second-order valence-corrected chi connectivity index (χ2v) is 16.4. The first-order valence-electron chi connectivity index (χ1n) is 20.2. The summed E-state index contributed by atoms with van der Waals surface area (Å²) in [7, 11) is -4.17. The van der Waals surface area contributed by atoms with Crippen LogP contribution >= 0.6 is 0 Å². The molecule has 1 aliphatic heterocycles. The number of aryl methyl sites for hydroxylation is 6. The Morgan fingerprint density at radius 3 is 2.00 bits per heavy atom. The smallest absolute Gasteiger partial charge is 0.336 e. The van der Waals surface area contributed by atoms with Gasteiger partial charge in [-0.1, -0.05) is 56.3 Å². The van der Waals surface area contributed by atoms with E-state index in [1.165, 1.54) is 16.7 Å². The Kier molecular flexibility index (Phi) is 12.6. The predicted octanol–water partition coefficient (Wildman–Crippen LogP) is 9.61. The van der Waals surface area contributed by atoms with Crippen molar-refractivity contribution in [2.24, 2.45) is 10.1 Å². The molecule has 1 aliphatic carbocycles. The third-order valence-corrected chi connectivity index (χ3v) is 10.9. The van der Waals surface area contributed by atoms with Gasteiger partial charge in [-0.05, 0) is 110 Å². The molecule has 0 fully saturated rings. The van der Waals surface area contributed by atoms with Gasteiger partial charge in [-0.2, -0.15) is 8.42 Å². The maximum absolute atomic E-state index is 12.6. The van der Waals surface area contributed by atoms with Gasteiger partial charge >= 0.3 is 16.3 Å². The Morgan fingerprint density at radius 2 is 1.40 bits per heavy atom. The van der Waals surface area contributed by atoms with Crippen molar-refractivity contribution in [1.82, 2.24) is 19.9 Å². The Hall–Kier alpha value is -6.87. The minimum Gasteiger partial charge on any atom is -0.478 e. The van der Waals surface area contributed by atoms with E-state index in [4.69, 9.17) is 22.4 Å². The van der Waals surface area contributed by atoms with E-state index in [9.17, 15) is 9.90 Å². The predicted molar refractivity (Wildman–Crippen MR) is 243 cm³/mol. The number of H-pyrrole nitrogens is 2. The Morgan fingerprint density at radius 1 is 0.790 bits per heavy atom. The molecule has 318 valence electrons. The highest BCUT2D eigenvalue weighted by Crippen LogP contribution is 2.42. The fourth-order valence-corrected chi connectivity index (χ4v) is 7.99. The van der Waals surface area contributed by atoms with Crippen LogP contribution in [-0.4, -0.2) is 44.0 Å². The van der Waals surface area contributed by atoms with Crippen LogP contribution in [0.5, 0.6) is 0 Å². The molecule has 4 aromatic carbocycles. The number of hydrogen-bond acceptors (Lipinski definition) is 8. The average Bonchev–Trinajstić information content (AvgIpc) is 3.83. The summed E-state index contributed by atoms with van der Waals surface area (Å²) in [6.45, 7) is 12.6. The highest BCUT2D eigenvalue weighted by Gasteiger charge is 2.22. The minimum absolute atomic E-state index is 0.226. The van der Waals surface area contributed by atoms with Gasteiger partial charge in [-0.25, -0.2) is 24.9 Å². The zero-order chi connectivity index (χ0) is 44.3. The fraction of sp³-hybridized carbons (Fsp3) is 0.208. The van der Waals surface area contributed by atoms with Crippen LogP contribution in [0.1, 0.15) is 80.4 Å². The Balaban J connectivity index is 0.00000109. The largest absolute Gasteiger partial charge is 0.478 e. The first kappa shape index (κ1) is 43.2. The summed E-state index contributed by atoms with van der Waals surface area (Å²) in [6, 6.07) is 28.1. The van der Waals surface area contributed by atoms with Crippen molar-refractivity contribution in [3.05, 3.63) is 165 Å². The number of aromatic nitrogens is 4. The number of nitrogens with one attached hydrogen (secondary N) is 3. The Labute approximate surface area is 360 Å². The summed E-state index contributed by atoms with van der Waals surface area (Å²) < 4.78 is 32.0. The molecular formula is C48H49N7O6S. The molecule has 62 heavy (non-hydrogen) atoms. The number of nitrogens with zero attached hydrogens (tertiary/aromatic N) is 3. The van der Waals surface area contributed by atoms with Gasteiger partial charge in [0.15, 0.2) is 0 Å². The van der Waals surface area contributed by atoms with Gasteiger partial charge in [-0.15, -0.1) is 0 Å². The number of aromatic carboxylic acids is 1. The van der Waals surface area contributed by atoms with Crippen molar-refractivity contribution in [3.8, 4) is 22.5 Å². The monoisotopic (exact) mass is 851 g/mol. The van der Waals surface area contributed by atoms with Gasteiger partial charge in [-0.3, -0.25) is 4.55 Å². The highest BCUT2D eigenvalue weighted by molar-refractivity contribution is 7.83. The molecule has 13 nitrogen and oxygen atoms in total. The van der Waals surface area contributed by atoms with Crippen molar-refractivity contribution in [2.75, 3.05) is 5.32 Å². The number of fused-ring (bicyclic) bond motifs is 2. The summed E-state index contributed by atoms with van der Waals surface area (Å²) in [5.74, 6) is -0.373. The normalized spacial score (nSPS) is 11.8. The van der Waals surface area contributed by atoms with E-state index in [-0.39, 0.29) is 5.56 Å². The number of hydrogen-bond donors (Lipinski definition) is 6. The molecule has 14 heteroatoms. The summed E-state index contributed by atoms with van der Waals surface area (Å²) >= 11 is 0. The molecule has 0 atom stereocenters. The van der Waals surface area contributed by atoms with E-state index < -0.39 is 16.3 Å². The maximum Gasteiger partial charge on any atom is 0.336 e. The van der Waals surface area contributed by atoms with E-state index in [0.29, 0.717) is 16.9 Å². The third kappa shape index (κ3) is 9.68. The van der Waals surface area contributed by atoms with Crippen LogP contribution in [0.2, 0.25) is 0 Å². The van der Waals surface area contributed by atoms with Crippen LogP contribution < -0.4 is 15.8 Å². The molecule has 0 unspecified atom stereocenters. The zero-order valence-electron chi connectivity index (χ0n) is 35.4. The number of nitrogens with two attached hydrogens (primary N) is 1. The van der Waals surface area contributed by atoms with Crippen LogP contribution in [0.4, 0.5) is 17.1 Å². The molecule has 8 rings (SSSR count). The molecule has 2 aromatic heterocycles. The molecule has 6 aromatic rings. The number of carboxylic acid groups (broad SMARTS) is 1. The number of aromatic amines is 2. The van der Waals surface area contributed by atoms with Gasteiger partial charge in [0.2, 0.25) is 0 Å². The first-order chi connectivity index (χ1) is 29.6. The van der Waals surface area contributed by atoms with Crippen LogP contribution in [0.15, 0.2) is 107 Å². The van der Waals surface area contributed by atoms with Crippen LogP contribution in [-0.2, 0) is 36.0 Å². The SMILES string of the molecule is CCc1cc(Cc2[nH]cnc2C)cc(C)c1N=c1ccc2c(-c3ccccc3C(=O)O)c3ccc(Nc4c(C)cc(Cc5[nH]cnc5C)cc4CC)cc3oc-2c1.NS(=O)(=O)O. The van der Waals surface area contributed by atoms with Crippen LogP contribution in [0.25, 0.3) is 33.4 Å². The van der Waals surface area contributed by atoms with Crippen molar-refractivity contribution in [3.63, 3.8) is 0 Å². The van der Waals surface area contributed by atoms with Crippen LogP contribution in [0, 0.1) is 27.7 Å². The molecular weight excluding hydrogens is 803 g/mol. The quantitative estimate of drug-likeness (QED) is 0.0539. The molecule has 7 N–H and O–H groups in total.